The molecule has 3 nitrogen and oxygen atoms in total. The van der Waals surface area contributed by atoms with Gasteiger partial charge >= 0.3 is 0 Å². The number of H-pyrrole nitrogens is 1. The second-order valence-electron chi connectivity index (χ2n) is 8.83. The van der Waals surface area contributed by atoms with E-state index in [1.165, 1.54) is 58.2 Å². The normalized spacial score (nSPS) is 14.7. The molecule has 6 rings (SSSR count). The molecule has 0 amide bonds. The van der Waals surface area contributed by atoms with E-state index in [9.17, 15) is 5.26 Å². The Hall–Kier alpha value is -3.77. The fraction of sp³-hybridized carbons (Fsp3) is 0.207. The van der Waals surface area contributed by atoms with E-state index < -0.39 is 0 Å². The summed E-state index contributed by atoms with van der Waals surface area (Å²) < 4.78 is 0. The van der Waals surface area contributed by atoms with Gasteiger partial charge in [-0.2, -0.15) is 5.26 Å². The first-order valence-corrected chi connectivity index (χ1v) is 11.5. The van der Waals surface area contributed by atoms with E-state index in [1.807, 2.05) is 12.3 Å². The molecule has 2 aliphatic rings. The molecule has 0 unspecified atom stereocenters. The number of piperidine rings is 1. The number of benzene rings is 3. The van der Waals surface area contributed by atoms with E-state index in [1.54, 1.807) is 0 Å². The maximum atomic E-state index is 10.2. The number of hydrogen-bond donors (Lipinski definition) is 1. The summed E-state index contributed by atoms with van der Waals surface area (Å²) in [6, 6.07) is 26.4. The number of fused-ring (bicyclic) bond motifs is 3. The van der Waals surface area contributed by atoms with Gasteiger partial charge in [-0.15, -0.1) is 0 Å². The predicted octanol–water partition coefficient (Wildman–Crippen LogP) is 6.78. The SMILES string of the molecule is N#Cc1c(N2CCCCC2)cc(-c2ccc(-c3ccc[nH]3)cc2)c2c1Cc1ccccc1-2. The van der Waals surface area contributed by atoms with Crippen LogP contribution in [0.4, 0.5) is 5.69 Å². The topological polar surface area (TPSA) is 42.8 Å². The Balaban J connectivity index is 1.55. The van der Waals surface area contributed by atoms with Crippen LogP contribution in [-0.4, -0.2) is 18.1 Å². The van der Waals surface area contributed by atoms with Crippen LogP contribution >= 0.6 is 0 Å². The zero-order chi connectivity index (χ0) is 21.5. The van der Waals surface area contributed by atoms with Crippen molar-refractivity contribution in [2.75, 3.05) is 18.0 Å². The monoisotopic (exact) mass is 415 g/mol. The van der Waals surface area contributed by atoms with Gasteiger partial charge in [-0.25, -0.2) is 0 Å². The number of rotatable bonds is 3. The molecule has 1 aliphatic carbocycles. The molecule has 4 aromatic rings. The van der Waals surface area contributed by atoms with Crippen LogP contribution in [0.3, 0.4) is 0 Å². The first kappa shape index (κ1) is 19.0. The quantitative estimate of drug-likeness (QED) is 0.353. The van der Waals surface area contributed by atoms with Crippen LogP contribution in [0.25, 0.3) is 33.5 Å². The molecule has 0 spiro atoms. The second kappa shape index (κ2) is 7.73. The molecule has 3 aromatic carbocycles. The number of aromatic amines is 1. The zero-order valence-corrected chi connectivity index (χ0v) is 18.1. The molecule has 0 atom stereocenters. The molecule has 0 radical (unpaired) electrons. The number of aromatic nitrogens is 1. The van der Waals surface area contributed by atoms with Crippen LogP contribution in [0.2, 0.25) is 0 Å². The average Bonchev–Trinajstić information content (AvgIpc) is 3.52. The molecule has 156 valence electrons. The fourth-order valence-electron chi connectivity index (χ4n) is 5.39. The van der Waals surface area contributed by atoms with Crippen LogP contribution in [0, 0.1) is 11.3 Å². The van der Waals surface area contributed by atoms with E-state index in [0.717, 1.165) is 36.5 Å². The summed E-state index contributed by atoms with van der Waals surface area (Å²) in [5.74, 6) is 0. The predicted molar refractivity (Wildman–Crippen MR) is 131 cm³/mol. The highest BCUT2D eigenvalue weighted by atomic mass is 15.1. The van der Waals surface area contributed by atoms with Crippen molar-refractivity contribution < 1.29 is 0 Å². The van der Waals surface area contributed by atoms with Crippen LogP contribution < -0.4 is 4.90 Å². The second-order valence-corrected chi connectivity index (χ2v) is 8.83. The van der Waals surface area contributed by atoms with Gasteiger partial charge in [0.15, 0.2) is 0 Å². The first-order valence-electron chi connectivity index (χ1n) is 11.5. The molecular formula is C29H25N3. The minimum Gasteiger partial charge on any atom is -0.370 e. The Morgan fingerprint density at radius 3 is 2.34 bits per heavy atom. The highest BCUT2D eigenvalue weighted by Gasteiger charge is 2.29. The van der Waals surface area contributed by atoms with Crippen LogP contribution in [-0.2, 0) is 6.42 Å². The highest BCUT2D eigenvalue weighted by molar-refractivity contribution is 5.95. The smallest absolute Gasteiger partial charge is 0.102 e. The van der Waals surface area contributed by atoms with E-state index in [0.29, 0.717) is 0 Å². The van der Waals surface area contributed by atoms with Crippen LogP contribution in [0.5, 0.6) is 0 Å². The summed E-state index contributed by atoms with van der Waals surface area (Å²) in [7, 11) is 0. The van der Waals surface area contributed by atoms with Crippen molar-refractivity contribution in [1.82, 2.24) is 4.98 Å². The Bertz CT molecular complexity index is 1320. The highest BCUT2D eigenvalue weighted by Crippen LogP contribution is 2.47. The summed E-state index contributed by atoms with van der Waals surface area (Å²) in [5.41, 5.74) is 11.8. The minimum absolute atomic E-state index is 0.837. The van der Waals surface area contributed by atoms with Crippen molar-refractivity contribution in [3.05, 3.63) is 89.6 Å². The lowest BCUT2D eigenvalue weighted by molar-refractivity contribution is 0.577. The van der Waals surface area contributed by atoms with Gasteiger partial charge in [0.05, 0.1) is 11.3 Å². The number of hydrogen-bond acceptors (Lipinski definition) is 2. The molecule has 1 fully saturated rings. The maximum absolute atomic E-state index is 10.2. The third-order valence-electron chi connectivity index (χ3n) is 6.98. The van der Waals surface area contributed by atoms with Crippen molar-refractivity contribution in [3.63, 3.8) is 0 Å². The van der Waals surface area contributed by atoms with E-state index in [4.69, 9.17) is 0 Å². The van der Waals surface area contributed by atoms with Crippen molar-refractivity contribution in [2.45, 2.75) is 25.7 Å². The molecule has 1 saturated heterocycles. The summed E-state index contributed by atoms with van der Waals surface area (Å²) in [6.45, 7) is 2.07. The third-order valence-corrected chi connectivity index (χ3v) is 6.98. The molecule has 32 heavy (non-hydrogen) atoms. The molecule has 2 heterocycles. The minimum atomic E-state index is 0.837. The Morgan fingerprint density at radius 1 is 0.812 bits per heavy atom. The average molecular weight is 416 g/mol. The van der Waals surface area contributed by atoms with Gasteiger partial charge in [-0.3, -0.25) is 0 Å². The first-order chi connectivity index (χ1) is 15.8. The molecule has 1 aromatic heterocycles. The maximum Gasteiger partial charge on any atom is 0.102 e. The summed E-state index contributed by atoms with van der Waals surface area (Å²) in [6.07, 6.45) is 6.47. The van der Waals surface area contributed by atoms with Gasteiger partial charge in [-0.05, 0) is 76.4 Å². The van der Waals surface area contributed by atoms with E-state index in [2.05, 4.69) is 76.6 Å². The molecule has 1 N–H and O–H groups in total. The fourth-order valence-corrected chi connectivity index (χ4v) is 5.39. The van der Waals surface area contributed by atoms with Gasteiger partial charge in [0, 0.05) is 31.4 Å². The number of nitrogens with one attached hydrogen (secondary N) is 1. The van der Waals surface area contributed by atoms with Gasteiger partial charge in [-0.1, -0.05) is 48.5 Å². The largest absolute Gasteiger partial charge is 0.370 e. The summed E-state index contributed by atoms with van der Waals surface area (Å²) in [5, 5.41) is 10.2. The molecule has 0 saturated carbocycles. The number of nitrogens with zero attached hydrogens (tertiary/aromatic N) is 2. The van der Waals surface area contributed by atoms with Crippen LogP contribution in [0.15, 0.2) is 72.9 Å². The van der Waals surface area contributed by atoms with Crippen molar-refractivity contribution in [3.8, 4) is 39.6 Å². The van der Waals surface area contributed by atoms with Crippen molar-refractivity contribution in [2.24, 2.45) is 0 Å². The Morgan fingerprint density at radius 2 is 1.59 bits per heavy atom. The standard InChI is InChI=1S/C29H25N3/c30-19-26-25-17-22-7-2-3-8-23(22)29(25)24(18-28(26)32-15-4-1-5-16-32)20-10-12-21(13-11-20)27-9-6-14-31-27/h2-3,6-14,18,31H,1,4-5,15-17H2. The van der Waals surface area contributed by atoms with Gasteiger partial charge in [0.2, 0.25) is 0 Å². The van der Waals surface area contributed by atoms with Gasteiger partial charge < -0.3 is 9.88 Å². The molecule has 3 heteroatoms. The Kier molecular flexibility index (Phi) is 4.58. The number of anilines is 1. The van der Waals surface area contributed by atoms with E-state index >= 15 is 0 Å². The Labute approximate surface area is 189 Å². The zero-order valence-electron chi connectivity index (χ0n) is 18.1. The van der Waals surface area contributed by atoms with Gasteiger partial charge in [0.25, 0.3) is 0 Å². The number of nitriles is 1. The van der Waals surface area contributed by atoms with Crippen molar-refractivity contribution >= 4 is 5.69 Å². The van der Waals surface area contributed by atoms with E-state index in [-0.39, 0.29) is 0 Å². The lowest BCUT2D eigenvalue weighted by Gasteiger charge is -2.31. The molecule has 0 bridgehead atoms. The van der Waals surface area contributed by atoms with Crippen molar-refractivity contribution in [1.29, 1.82) is 5.26 Å². The summed E-state index contributed by atoms with van der Waals surface area (Å²) in [4.78, 5) is 5.72. The van der Waals surface area contributed by atoms with Crippen LogP contribution in [0.1, 0.15) is 36.0 Å². The third kappa shape index (κ3) is 3.03. The molecule has 1 aliphatic heterocycles. The molecular weight excluding hydrogens is 390 g/mol. The summed E-state index contributed by atoms with van der Waals surface area (Å²) >= 11 is 0. The lowest BCUT2D eigenvalue weighted by Crippen LogP contribution is -2.30. The lowest BCUT2D eigenvalue weighted by atomic mass is 9.89. The van der Waals surface area contributed by atoms with Gasteiger partial charge in [0.1, 0.15) is 6.07 Å².